The fourth-order valence-corrected chi connectivity index (χ4v) is 4.10. The van der Waals surface area contributed by atoms with Crippen molar-refractivity contribution in [2.24, 2.45) is 0 Å². The first-order valence-corrected chi connectivity index (χ1v) is 10.5. The summed E-state index contributed by atoms with van der Waals surface area (Å²) in [4.78, 5) is 15.4. The molecule has 2 aromatic rings. The van der Waals surface area contributed by atoms with Crippen LogP contribution < -0.4 is 19.5 Å². The summed E-state index contributed by atoms with van der Waals surface area (Å²) in [6, 6.07) is 11.9. The van der Waals surface area contributed by atoms with E-state index in [2.05, 4.69) is 23.3 Å². The zero-order valence-electron chi connectivity index (χ0n) is 18.4. The molecular formula is C24H32N2O4. The van der Waals surface area contributed by atoms with Crippen molar-refractivity contribution in [3.8, 4) is 17.2 Å². The number of amides is 1. The Labute approximate surface area is 179 Å². The van der Waals surface area contributed by atoms with E-state index in [1.807, 2.05) is 18.2 Å². The van der Waals surface area contributed by atoms with E-state index in [1.54, 1.807) is 19.2 Å². The van der Waals surface area contributed by atoms with Gasteiger partial charge in [-0.2, -0.15) is 0 Å². The first-order valence-electron chi connectivity index (χ1n) is 10.5. The smallest absolute Gasteiger partial charge is 0.255 e. The molecule has 0 aromatic heterocycles. The Hall–Kier alpha value is -2.73. The lowest BCUT2D eigenvalue weighted by Crippen LogP contribution is -2.36. The van der Waals surface area contributed by atoms with E-state index in [0.29, 0.717) is 28.9 Å². The van der Waals surface area contributed by atoms with Gasteiger partial charge < -0.3 is 24.4 Å². The molecule has 6 nitrogen and oxygen atoms in total. The Morgan fingerprint density at radius 1 is 1.07 bits per heavy atom. The molecule has 1 fully saturated rings. The minimum Gasteiger partial charge on any atom is -0.493 e. The van der Waals surface area contributed by atoms with Crippen molar-refractivity contribution in [2.45, 2.75) is 38.1 Å². The second-order valence-corrected chi connectivity index (χ2v) is 7.69. The molecule has 1 N–H and O–H groups in total. The SMILES string of the molecule is COc1cc(C(=O)Nc2ccccc2CCC2CCCCN2C)cc(OC)c1OC. The van der Waals surface area contributed by atoms with Gasteiger partial charge in [0.25, 0.3) is 5.91 Å². The van der Waals surface area contributed by atoms with Crippen molar-refractivity contribution in [3.63, 3.8) is 0 Å². The summed E-state index contributed by atoms with van der Waals surface area (Å²) in [5.41, 5.74) is 2.44. The summed E-state index contributed by atoms with van der Waals surface area (Å²) in [7, 11) is 6.83. The van der Waals surface area contributed by atoms with Crippen LogP contribution in [0.4, 0.5) is 5.69 Å². The van der Waals surface area contributed by atoms with Crippen molar-refractivity contribution in [3.05, 3.63) is 47.5 Å². The average molecular weight is 413 g/mol. The van der Waals surface area contributed by atoms with Gasteiger partial charge in [0.2, 0.25) is 5.75 Å². The van der Waals surface area contributed by atoms with Crippen molar-refractivity contribution < 1.29 is 19.0 Å². The summed E-state index contributed by atoms with van der Waals surface area (Å²) in [5.74, 6) is 1.16. The lowest BCUT2D eigenvalue weighted by atomic mass is 9.96. The molecule has 0 bridgehead atoms. The van der Waals surface area contributed by atoms with E-state index in [-0.39, 0.29) is 5.91 Å². The molecule has 1 aliphatic heterocycles. The molecule has 1 heterocycles. The van der Waals surface area contributed by atoms with Crippen LogP contribution in [0, 0.1) is 0 Å². The van der Waals surface area contributed by atoms with Gasteiger partial charge in [0.05, 0.1) is 21.3 Å². The monoisotopic (exact) mass is 412 g/mol. The summed E-state index contributed by atoms with van der Waals surface area (Å²) in [6.45, 7) is 1.17. The highest BCUT2D eigenvalue weighted by atomic mass is 16.5. The Bertz CT molecular complexity index is 843. The molecule has 162 valence electrons. The van der Waals surface area contributed by atoms with Crippen LogP contribution in [0.15, 0.2) is 36.4 Å². The summed E-state index contributed by atoms with van der Waals surface area (Å²) in [6.07, 6.45) is 5.85. The van der Waals surface area contributed by atoms with Gasteiger partial charge in [-0.3, -0.25) is 4.79 Å². The number of rotatable bonds is 8. The molecule has 0 saturated carbocycles. The number of likely N-dealkylation sites (tertiary alicyclic amines) is 1. The molecule has 1 atom stereocenters. The van der Waals surface area contributed by atoms with Crippen LogP contribution in [0.2, 0.25) is 0 Å². The number of carbonyl (C=O) groups excluding carboxylic acids is 1. The minimum atomic E-state index is -0.212. The van der Waals surface area contributed by atoms with Crippen molar-refractivity contribution >= 4 is 11.6 Å². The summed E-state index contributed by atoms with van der Waals surface area (Å²) in [5, 5.41) is 3.06. The molecule has 2 aromatic carbocycles. The molecule has 1 unspecified atom stereocenters. The molecule has 3 rings (SSSR count). The van der Waals surface area contributed by atoms with Crippen LogP contribution in [0.25, 0.3) is 0 Å². The molecule has 1 aliphatic rings. The number of methoxy groups -OCH3 is 3. The van der Waals surface area contributed by atoms with Gasteiger partial charge in [-0.15, -0.1) is 0 Å². The van der Waals surface area contributed by atoms with Gasteiger partial charge >= 0.3 is 0 Å². The zero-order valence-corrected chi connectivity index (χ0v) is 18.4. The molecule has 30 heavy (non-hydrogen) atoms. The highest BCUT2D eigenvalue weighted by Gasteiger charge is 2.20. The van der Waals surface area contributed by atoms with Gasteiger partial charge in [0, 0.05) is 17.3 Å². The van der Waals surface area contributed by atoms with Crippen molar-refractivity contribution in [1.82, 2.24) is 4.90 Å². The predicted octanol–water partition coefficient (Wildman–Crippen LogP) is 4.38. The van der Waals surface area contributed by atoms with Crippen LogP contribution in [-0.2, 0) is 6.42 Å². The number of anilines is 1. The number of aryl methyl sites for hydroxylation is 1. The Morgan fingerprint density at radius 3 is 2.40 bits per heavy atom. The lowest BCUT2D eigenvalue weighted by molar-refractivity contribution is 0.102. The third-order valence-electron chi connectivity index (χ3n) is 5.86. The number of hydrogen-bond donors (Lipinski definition) is 1. The standard InChI is InChI=1S/C24H32N2O4/c1-26-14-8-7-10-19(26)13-12-17-9-5-6-11-20(17)25-24(27)18-15-21(28-2)23(30-4)22(16-18)29-3/h5-6,9,11,15-16,19H,7-8,10,12-14H2,1-4H3,(H,25,27). The second-order valence-electron chi connectivity index (χ2n) is 7.69. The van der Waals surface area contributed by atoms with Crippen LogP contribution >= 0.6 is 0 Å². The fraction of sp³-hybridized carbons (Fsp3) is 0.458. The second kappa shape index (κ2) is 10.3. The molecule has 1 saturated heterocycles. The highest BCUT2D eigenvalue weighted by Crippen LogP contribution is 2.38. The molecule has 0 aliphatic carbocycles. The van der Waals surface area contributed by atoms with Gasteiger partial charge in [0.15, 0.2) is 11.5 Å². The largest absolute Gasteiger partial charge is 0.493 e. The maximum atomic E-state index is 13.0. The summed E-state index contributed by atoms with van der Waals surface area (Å²) >= 11 is 0. The average Bonchev–Trinajstić information content (AvgIpc) is 2.78. The molecule has 0 radical (unpaired) electrons. The number of para-hydroxylation sites is 1. The van der Waals surface area contributed by atoms with Crippen molar-refractivity contribution in [1.29, 1.82) is 0 Å². The van der Waals surface area contributed by atoms with E-state index in [9.17, 15) is 4.79 Å². The molecule has 1 amide bonds. The van der Waals surface area contributed by atoms with Crippen molar-refractivity contribution in [2.75, 3.05) is 40.2 Å². The molecule has 6 heteroatoms. The van der Waals surface area contributed by atoms with E-state index in [4.69, 9.17) is 14.2 Å². The van der Waals surface area contributed by atoms with E-state index in [0.717, 1.165) is 24.1 Å². The third kappa shape index (κ3) is 5.05. The number of hydrogen-bond acceptors (Lipinski definition) is 5. The fourth-order valence-electron chi connectivity index (χ4n) is 4.10. The number of nitrogens with one attached hydrogen (secondary N) is 1. The first kappa shape index (κ1) is 22.0. The highest BCUT2D eigenvalue weighted by molar-refractivity contribution is 6.05. The van der Waals surface area contributed by atoms with Gasteiger partial charge in [0.1, 0.15) is 0 Å². The zero-order chi connectivity index (χ0) is 21.5. The molecular weight excluding hydrogens is 380 g/mol. The Morgan fingerprint density at radius 2 is 1.77 bits per heavy atom. The number of nitrogens with zero attached hydrogens (tertiary/aromatic N) is 1. The Kier molecular flexibility index (Phi) is 7.57. The minimum absolute atomic E-state index is 0.212. The van der Waals surface area contributed by atoms with Crippen LogP contribution in [0.5, 0.6) is 17.2 Å². The first-order chi connectivity index (χ1) is 14.6. The van der Waals surface area contributed by atoms with E-state index < -0.39 is 0 Å². The number of benzene rings is 2. The number of piperidine rings is 1. The van der Waals surface area contributed by atoms with Gasteiger partial charge in [-0.05, 0) is 63.0 Å². The van der Waals surface area contributed by atoms with Crippen LogP contribution in [0.1, 0.15) is 41.6 Å². The number of ether oxygens (including phenoxy) is 3. The predicted molar refractivity (Wildman–Crippen MR) is 119 cm³/mol. The Balaban J connectivity index is 1.76. The number of carbonyl (C=O) groups is 1. The maximum absolute atomic E-state index is 13.0. The van der Waals surface area contributed by atoms with Gasteiger partial charge in [-0.1, -0.05) is 24.6 Å². The third-order valence-corrected chi connectivity index (χ3v) is 5.86. The van der Waals surface area contributed by atoms with Crippen LogP contribution in [-0.4, -0.2) is 51.8 Å². The van der Waals surface area contributed by atoms with Crippen LogP contribution in [0.3, 0.4) is 0 Å². The topological polar surface area (TPSA) is 60.0 Å². The van der Waals surface area contributed by atoms with Gasteiger partial charge in [-0.25, -0.2) is 0 Å². The molecule has 0 spiro atoms. The van der Waals surface area contributed by atoms with E-state index >= 15 is 0 Å². The summed E-state index contributed by atoms with van der Waals surface area (Å²) < 4.78 is 16.1. The quantitative estimate of drug-likeness (QED) is 0.697. The van der Waals surface area contributed by atoms with E-state index in [1.165, 1.54) is 40.0 Å². The lowest BCUT2D eigenvalue weighted by Gasteiger charge is -2.32. The maximum Gasteiger partial charge on any atom is 0.255 e. The normalized spacial score (nSPS) is 16.7.